The van der Waals surface area contributed by atoms with Gasteiger partial charge in [-0.15, -0.1) is 0 Å². The molecule has 1 aromatic heterocycles. The van der Waals surface area contributed by atoms with Gasteiger partial charge >= 0.3 is 0 Å². The number of benzene rings is 2. The molecule has 6 nitrogen and oxygen atoms in total. The molecule has 0 unspecified atom stereocenters. The molecular weight excluding hydrogens is 364 g/mol. The highest BCUT2D eigenvalue weighted by Crippen LogP contribution is 2.33. The van der Waals surface area contributed by atoms with Crippen molar-refractivity contribution in [1.82, 2.24) is 9.97 Å². The standard InChI is InChI=1S/C23H26N4O2/c1-15-24-21(26-17-7-5-16(6-8-17)23(2,3)4)14-22(25-15)27-18-9-10-19-20(13-18)29-12-11-28-19/h5-10,13-14H,11-12H2,1-4H3,(H2,24,25,26,27). The number of hydrogen-bond donors (Lipinski definition) is 2. The summed E-state index contributed by atoms with van der Waals surface area (Å²) in [5.74, 6) is 3.64. The SMILES string of the molecule is Cc1nc(Nc2ccc(C(C)(C)C)cc2)cc(Nc2ccc3c(c2)OCCO3)n1. The lowest BCUT2D eigenvalue weighted by Crippen LogP contribution is -2.15. The van der Waals surface area contributed by atoms with Crippen molar-refractivity contribution in [1.29, 1.82) is 0 Å². The zero-order valence-electron chi connectivity index (χ0n) is 17.2. The van der Waals surface area contributed by atoms with Gasteiger partial charge in [-0.05, 0) is 42.2 Å². The zero-order valence-corrected chi connectivity index (χ0v) is 17.2. The molecule has 0 fully saturated rings. The van der Waals surface area contributed by atoms with E-state index in [0.717, 1.165) is 28.7 Å². The van der Waals surface area contributed by atoms with E-state index in [4.69, 9.17) is 9.47 Å². The predicted octanol–water partition coefficient (Wildman–Crippen LogP) is 5.34. The Kier molecular flexibility index (Phi) is 5.01. The van der Waals surface area contributed by atoms with E-state index in [1.165, 1.54) is 5.56 Å². The molecule has 150 valence electrons. The van der Waals surface area contributed by atoms with Gasteiger partial charge in [0.2, 0.25) is 0 Å². The molecule has 0 radical (unpaired) electrons. The van der Waals surface area contributed by atoms with Gasteiger partial charge in [-0.3, -0.25) is 0 Å². The fourth-order valence-electron chi connectivity index (χ4n) is 3.17. The molecule has 0 spiro atoms. The highest BCUT2D eigenvalue weighted by Gasteiger charge is 2.14. The van der Waals surface area contributed by atoms with E-state index >= 15 is 0 Å². The minimum absolute atomic E-state index is 0.130. The van der Waals surface area contributed by atoms with E-state index < -0.39 is 0 Å². The van der Waals surface area contributed by atoms with Crippen LogP contribution in [0.4, 0.5) is 23.0 Å². The molecule has 1 aliphatic heterocycles. The second-order valence-corrected chi connectivity index (χ2v) is 8.12. The number of hydrogen-bond acceptors (Lipinski definition) is 6. The molecule has 0 bridgehead atoms. The third-order valence-electron chi connectivity index (χ3n) is 4.68. The minimum Gasteiger partial charge on any atom is -0.486 e. The van der Waals surface area contributed by atoms with Gasteiger partial charge in [0.15, 0.2) is 11.5 Å². The van der Waals surface area contributed by atoms with Crippen LogP contribution in [0.3, 0.4) is 0 Å². The second-order valence-electron chi connectivity index (χ2n) is 8.12. The van der Waals surface area contributed by atoms with Crippen molar-refractivity contribution < 1.29 is 9.47 Å². The maximum absolute atomic E-state index is 5.65. The Morgan fingerprint density at radius 3 is 2.00 bits per heavy atom. The van der Waals surface area contributed by atoms with Gasteiger partial charge in [-0.2, -0.15) is 0 Å². The number of rotatable bonds is 4. The van der Waals surface area contributed by atoms with Crippen molar-refractivity contribution in [2.45, 2.75) is 33.1 Å². The normalized spacial score (nSPS) is 13.1. The van der Waals surface area contributed by atoms with E-state index in [1.54, 1.807) is 0 Å². The topological polar surface area (TPSA) is 68.3 Å². The molecule has 3 aromatic rings. The molecule has 6 heteroatoms. The van der Waals surface area contributed by atoms with Crippen LogP contribution in [-0.4, -0.2) is 23.2 Å². The number of aryl methyl sites for hydroxylation is 1. The smallest absolute Gasteiger partial charge is 0.163 e. The summed E-state index contributed by atoms with van der Waals surface area (Å²) in [4.78, 5) is 9.00. The first-order valence-electron chi connectivity index (χ1n) is 9.77. The molecule has 2 aromatic carbocycles. The molecule has 0 atom stereocenters. The van der Waals surface area contributed by atoms with E-state index in [1.807, 2.05) is 31.2 Å². The first-order valence-corrected chi connectivity index (χ1v) is 9.77. The van der Waals surface area contributed by atoms with Crippen LogP contribution in [0, 0.1) is 6.92 Å². The van der Waals surface area contributed by atoms with Gasteiger partial charge in [0, 0.05) is 23.5 Å². The van der Waals surface area contributed by atoms with E-state index in [-0.39, 0.29) is 5.41 Å². The predicted molar refractivity (Wildman–Crippen MR) is 116 cm³/mol. The zero-order chi connectivity index (χ0) is 20.4. The monoisotopic (exact) mass is 390 g/mol. The summed E-state index contributed by atoms with van der Waals surface area (Å²) in [6, 6.07) is 16.1. The second kappa shape index (κ2) is 7.62. The molecule has 2 heterocycles. The summed E-state index contributed by atoms with van der Waals surface area (Å²) in [6.45, 7) is 9.64. The van der Waals surface area contributed by atoms with Gasteiger partial charge in [0.1, 0.15) is 30.7 Å². The maximum Gasteiger partial charge on any atom is 0.163 e. The average Bonchev–Trinajstić information content (AvgIpc) is 2.67. The van der Waals surface area contributed by atoms with E-state index in [0.29, 0.717) is 24.9 Å². The van der Waals surface area contributed by atoms with E-state index in [2.05, 4.69) is 65.6 Å². The third kappa shape index (κ3) is 4.59. The van der Waals surface area contributed by atoms with Gasteiger partial charge in [0.05, 0.1) is 0 Å². The summed E-state index contributed by atoms with van der Waals surface area (Å²) >= 11 is 0. The van der Waals surface area contributed by atoms with Crippen molar-refractivity contribution in [3.05, 3.63) is 59.9 Å². The fourth-order valence-corrected chi connectivity index (χ4v) is 3.17. The quantitative estimate of drug-likeness (QED) is 0.627. The van der Waals surface area contributed by atoms with Crippen LogP contribution in [0.25, 0.3) is 0 Å². The third-order valence-corrected chi connectivity index (χ3v) is 4.68. The lowest BCUT2D eigenvalue weighted by molar-refractivity contribution is 0.171. The van der Waals surface area contributed by atoms with Crippen molar-refractivity contribution in [2.24, 2.45) is 0 Å². The molecule has 1 aliphatic rings. The number of anilines is 4. The first kappa shape index (κ1) is 19.1. The number of ether oxygens (including phenoxy) is 2. The highest BCUT2D eigenvalue weighted by atomic mass is 16.6. The van der Waals surface area contributed by atoms with Gasteiger partial charge in [0.25, 0.3) is 0 Å². The van der Waals surface area contributed by atoms with Crippen molar-refractivity contribution >= 4 is 23.0 Å². The highest BCUT2D eigenvalue weighted by molar-refractivity contribution is 5.65. The summed E-state index contributed by atoms with van der Waals surface area (Å²) in [6.07, 6.45) is 0. The molecule has 29 heavy (non-hydrogen) atoms. The van der Waals surface area contributed by atoms with Gasteiger partial charge in [-0.1, -0.05) is 32.9 Å². The Labute approximate surface area is 171 Å². The first-order chi connectivity index (χ1) is 13.9. The van der Waals surface area contributed by atoms with Crippen LogP contribution in [0.5, 0.6) is 11.5 Å². The van der Waals surface area contributed by atoms with Crippen molar-refractivity contribution in [3.8, 4) is 11.5 Å². The lowest BCUT2D eigenvalue weighted by Gasteiger charge is -2.19. The van der Waals surface area contributed by atoms with Crippen LogP contribution in [0.2, 0.25) is 0 Å². The number of nitrogens with zero attached hydrogens (tertiary/aromatic N) is 2. The number of aromatic nitrogens is 2. The molecule has 0 saturated heterocycles. The largest absolute Gasteiger partial charge is 0.486 e. The molecule has 4 rings (SSSR count). The van der Waals surface area contributed by atoms with Gasteiger partial charge < -0.3 is 20.1 Å². The summed E-state index contributed by atoms with van der Waals surface area (Å²) in [5, 5.41) is 6.69. The minimum atomic E-state index is 0.130. The summed E-state index contributed by atoms with van der Waals surface area (Å²) in [7, 11) is 0. The summed E-state index contributed by atoms with van der Waals surface area (Å²) < 4.78 is 11.2. The van der Waals surface area contributed by atoms with E-state index in [9.17, 15) is 0 Å². The van der Waals surface area contributed by atoms with Crippen LogP contribution in [0.15, 0.2) is 48.5 Å². The molecule has 0 saturated carbocycles. The van der Waals surface area contributed by atoms with Crippen molar-refractivity contribution in [2.75, 3.05) is 23.8 Å². The number of nitrogens with one attached hydrogen (secondary N) is 2. The van der Waals surface area contributed by atoms with Crippen molar-refractivity contribution in [3.63, 3.8) is 0 Å². The Hall–Kier alpha value is -3.28. The molecule has 0 amide bonds. The van der Waals surface area contributed by atoms with Crippen LogP contribution in [0.1, 0.15) is 32.2 Å². The Morgan fingerprint density at radius 2 is 1.34 bits per heavy atom. The average molecular weight is 390 g/mol. The van der Waals surface area contributed by atoms with Crippen LogP contribution < -0.4 is 20.1 Å². The number of fused-ring (bicyclic) bond motifs is 1. The Balaban J connectivity index is 1.52. The lowest BCUT2D eigenvalue weighted by atomic mass is 9.87. The molecular formula is C23H26N4O2. The molecule has 0 aliphatic carbocycles. The Morgan fingerprint density at radius 1 is 0.759 bits per heavy atom. The van der Waals surface area contributed by atoms with Crippen LogP contribution >= 0.6 is 0 Å². The Bertz CT molecular complexity index is 1010. The maximum atomic E-state index is 5.65. The summed E-state index contributed by atoms with van der Waals surface area (Å²) in [5.41, 5.74) is 3.29. The van der Waals surface area contributed by atoms with Gasteiger partial charge in [-0.25, -0.2) is 9.97 Å². The molecule has 2 N–H and O–H groups in total. The van der Waals surface area contributed by atoms with Crippen LogP contribution in [-0.2, 0) is 5.41 Å². The fraction of sp³-hybridized carbons (Fsp3) is 0.304.